The Morgan fingerprint density at radius 1 is 1.05 bits per heavy atom. The minimum absolute atomic E-state index is 0.244. The summed E-state index contributed by atoms with van der Waals surface area (Å²) in [5, 5.41) is 11.1. The van der Waals surface area contributed by atoms with Gasteiger partial charge in [-0.2, -0.15) is 0 Å². The second-order valence-corrected chi connectivity index (χ2v) is 3.72. The lowest BCUT2D eigenvalue weighted by Gasteiger charge is -2.07. The van der Waals surface area contributed by atoms with Gasteiger partial charge in [-0.3, -0.25) is 4.79 Å². The number of phenols is 1. The summed E-state index contributed by atoms with van der Waals surface area (Å²) in [4.78, 5) is 11.7. The molecular formula is C13H8F3NO2. The molecule has 0 saturated heterocycles. The lowest BCUT2D eigenvalue weighted by atomic mass is 10.2. The fourth-order valence-corrected chi connectivity index (χ4v) is 1.47. The van der Waals surface area contributed by atoms with E-state index in [4.69, 9.17) is 5.11 Å². The summed E-state index contributed by atoms with van der Waals surface area (Å²) < 4.78 is 39.7. The van der Waals surface area contributed by atoms with Gasteiger partial charge in [-0.1, -0.05) is 6.07 Å². The maximum absolute atomic E-state index is 13.4. The van der Waals surface area contributed by atoms with Crippen molar-refractivity contribution in [3.8, 4) is 5.75 Å². The van der Waals surface area contributed by atoms with Gasteiger partial charge in [0.2, 0.25) is 0 Å². The largest absolute Gasteiger partial charge is 0.508 e. The second-order valence-electron chi connectivity index (χ2n) is 3.72. The van der Waals surface area contributed by atoms with Gasteiger partial charge >= 0.3 is 0 Å². The molecule has 0 aliphatic heterocycles. The molecule has 0 unspecified atom stereocenters. The minimum atomic E-state index is -1.31. The van der Waals surface area contributed by atoms with Crippen LogP contribution < -0.4 is 5.32 Å². The zero-order valence-electron chi connectivity index (χ0n) is 9.45. The highest BCUT2D eigenvalue weighted by Gasteiger charge is 2.16. The molecule has 2 N–H and O–H groups in total. The van der Waals surface area contributed by atoms with Crippen molar-refractivity contribution in [3.05, 3.63) is 59.4 Å². The summed E-state index contributed by atoms with van der Waals surface area (Å²) >= 11 is 0. The summed E-state index contributed by atoms with van der Waals surface area (Å²) in [7, 11) is 0. The van der Waals surface area contributed by atoms with Crippen LogP contribution in [0.25, 0.3) is 0 Å². The van der Waals surface area contributed by atoms with E-state index in [-0.39, 0.29) is 11.4 Å². The number of carbonyl (C=O) groups excluding carboxylic acids is 1. The van der Waals surface area contributed by atoms with Crippen molar-refractivity contribution in [2.75, 3.05) is 5.32 Å². The van der Waals surface area contributed by atoms with E-state index in [0.29, 0.717) is 0 Å². The molecule has 19 heavy (non-hydrogen) atoms. The highest BCUT2D eigenvalue weighted by molar-refractivity contribution is 6.04. The standard InChI is InChI=1S/C13H8F3NO2/c14-9-3-1-2-8(12(9)16)13(19)17-11-5-4-7(18)6-10(11)15/h1-6,18H,(H,17,19). The van der Waals surface area contributed by atoms with Crippen LogP contribution >= 0.6 is 0 Å². The second kappa shape index (κ2) is 5.01. The lowest BCUT2D eigenvalue weighted by Crippen LogP contribution is -2.15. The number of carbonyl (C=O) groups is 1. The molecule has 2 aromatic rings. The Hall–Kier alpha value is -2.50. The number of anilines is 1. The number of aromatic hydroxyl groups is 1. The van der Waals surface area contributed by atoms with E-state index in [1.807, 2.05) is 0 Å². The molecular weight excluding hydrogens is 259 g/mol. The maximum Gasteiger partial charge on any atom is 0.258 e. The van der Waals surface area contributed by atoms with Gasteiger partial charge in [0.05, 0.1) is 11.3 Å². The van der Waals surface area contributed by atoms with Crippen molar-refractivity contribution < 1.29 is 23.1 Å². The fourth-order valence-electron chi connectivity index (χ4n) is 1.47. The Morgan fingerprint density at radius 2 is 1.79 bits per heavy atom. The molecule has 98 valence electrons. The number of rotatable bonds is 2. The zero-order valence-corrected chi connectivity index (χ0v) is 9.45. The Kier molecular flexibility index (Phi) is 3.41. The van der Waals surface area contributed by atoms with E-state index < -0.39 is 28.9 Å². The van der Waals surface area contributed by atoms with Crippen LogP contribution in [0.5, 0.6) is 5.75 Å². The number of benzene rings is 2. The highest BCUT2D eigenvalue weighted by atomic mass is 19.2. The van der Waals surface area contributed by atoms with E-state index in [0.717, 1.165) is 30.3 Å². The number of phenolic OH excluding ortho intramolecular Hbond substituents is 1. The summed E-state index contributed by atoms with van der Waals surface area (Å²) in [6.45, 7) is 0. The van der Waals surface area contributed by atoms with Crippen molar-refractivity contribution in [2.45, 2.75) is 0 Å². The van der Waals surface area contributed by atoms with Gasteiger partial charge in [0.25, 0.3) is 5.91 Å². The monoisotopic (exact) mass is 267 g/mol. The Labute approximate surface area is 106 Å². The normalized spacial score (nSPS) is 10.3. The topological polar surface area (TPSA) is 49.3 Å². The molecule has 0 aliphatic carbocycles. The van der Waals surface area contributed by atoms with Crippen LogP contribution in [0.15, 0.2) is 36.4 Å². The summed E-state index contributed by atoms with van der Waals surface area (Å²) in [5.74, 6) is -4.66. The van der Waals surface area contributed by atoms with Crippen molar-refractivity contribution in [3.63, 3.8) is 0 Å². The van der Waals surface area contributed by atoms with Gasteiger partial charge in [-0.05, 0) is 24.3 Å². The third-order valence-corrected chi connectivity index (χ3v) is 2.40. The number of hydrogen-bond donors (Lipinski definition) is 2. The third kappa shape index (κ3) is 2.67. The van der Waals surface area contributed by atoms with Crippen LogP contribution in [-0.2, 0) is 0 Å². The molecule has 0 bridgehead atoms. The van der Waals surface area contributed by atoms with E-state index >= 15 is 0 Å². The molecule has 0 aromatic heterocycles. The van der Waals surface area contributed by atoms with E-state index in [9.17, 15) is 18.0 Å². The molecule has 0 fully saturated rings. The van der Waals surface area contributed by atoms with Crippen LogP contribution in [0.2, 0.25) is 0 Å². The third-order valence-electron chi connectivity index (χ3n) is 2.40. The van der Waals surface area contributed by atoms with Gasteiger partial charge in [-0.25, -0.2) is 13.2 Å². The van der Waals surface area contributed by atoms with Gasteiger partial charge in [0.15, 0.2) is 11.6 Å². The van der Waals surface area contributed by atoms with Crippen LogP contribution in [0.3, 0.4) is 0 Å². The van der Waals surface area contributed by atoms with Crippen molar-refractivity contribution >= 4 is 11.6 Å². The van der Waals surface area contributed by atoms with Gasteiger partial charge in [0.1, 0.15) is 11.6 Å². The average Bonchev–Trinajstić information content (AvgIpc) is 2.36. The number of amides is 1. The van der Waals surface area contributed by atoms with E-state index in [2.05, 4.69) is 5.32 Å². The molecule has 1 amide bonds. The Bertz CT molecular complexity index is 644. The molecule has 0 atom stereocenters. The molecule has 3 nitrogen and oxygen atoms in total. The number of nitrogens with one attached hydrogen (secondary N) is 1. The number of hydrogen-bond acceptors (Lipinski definition) is 2. The van der Waals surface area contributed by atoms with Crippen molar-refractivity contribution in [2.24, 2.45) is 0 Å². The first-order valence-electron chi connectivity index (χ1n) is 5.23. The lowest BCUT2D eigenvalue weighted by molar-refractivity contribution is 0.102. The van der Waals surface area contributed by atoms with Crippen LogP contribution in [0, 0.1) is 17.5 Å². The highest BCUT2D eigenvalue weighted by Crippen LogP contribution is 2.21. The summed E-state index contributed by atoms with van der Waals surface area (Å²) in [6, 6.07) is 6.16. The Balaban J connectivity index is 2.28. The van der Waals surface area contributed by atoms with Crippen LogP contribution in [-0.4, -0.2) is 11.0 Å². The van der Waals surface area contributed by atoms with Gasteiger partial charge in [-0.15, -0.1) is 0 Å². The molecule has 2 aromatic carbocycles. The van der Waals surface area contributed by atoms with Crippen molar-refractivity contribution in [1.29, 1.82) is 0 Å². The molecule has 0 spiro atoms. The fraction of sp³-hybridized carbons (Fsp3) is 0. The summed E-state index contributed by atoms with van der Waals surface area (Å²) in [5.41, 5.74) is -0.779. The molecule has 2 rings (SSSR count). The Morgan fingerprint density at radius 3 is 2.47 bits per heavy atom. The predicted molar refractivity (Wildman–Crippen MR) is 62.4 cm³/mol. The van der Waals surface area contributed by atoms with Gasteiger partial charge in [0, 0.05) is 6.07 Å². The minimum Gasteiger partial charge on any atom is -0.508 e. The van der Waals surface area contributed by atoms with Crippen molar-refractivity contribution in [1.82, 2.24) is 0 Å². The van der Waals surface area contributed by atoms with Crippen LogP contribution in [0.1, 0.15) is 10.4 Å². The smallest absolute Gasteiger partial charge is 0.258 e. The quantitative estimate of drug-likeness (QED) is 0.821. The molecule has 0 radical (unpaired) electrons. The first-order chi connectivity index (χ1) is 8.99. The average molecular weight is 267 g/mol. The van der Waals surface area contributed by atoms with Gasteiger partial charge < -0.3 is 10.4 Å². The van der Waals surface area contributed by atoms with Crippen LogP contribution in [0.4, 0.5) is 18.9 Å². The number of halogens is 3. The maximum atomic E-state index is 13.4. The molecule has 0 heterocycles. The van der Waals surface area contributed by atoms with E-state index in [1.54, 1.807) is 0 Å². The first kappa shape index (κ1) is 12.9. The summed E-state index contributed by atoms with van der Waals surface area (Å²) in [6.07, 6.45) is 0. The zero-order chi connectivity index (χ0) is 14.0. The first-order valence-corrected chi connectivity index (χ1v) is 5.23. The molecule has 0 saturated carbocycles. The van der Waals surface area contributed by atoms with E-state index in [1.165, 1.54) is 6.07 Å². The molecule has 0 aliphatic rings. The SMILES string of the molecule is O=C(Nc1ccc(O)cc1F)c1cccc(F)c1F. The predicted octanol–water partition coefficient (Wildman–Crippen LogP) is 3.06. The molecule has 6 heteroatoms.